The van der Waals surface area contributed by atoms with Gasteiger partial charge in [0.05, 0.1) is 13.2 Å². The van der Waals surface area contributed by atoms with E-state index in [1.807, 2.05) is 30.3 Å². The van der Waals surface area contributed by atoms with Crippen LogP contribution in [-0.2, 0) is 16.1 Å². The first-order valence-electron chi connectivity index (χ1n) is 5.38. The number of hydrogen-bond donors (Lipinski definition) is 3. The number of nitrogens with one attached hydrogen (secondary N) is 1. The van der Waals surface area contributed by atoms with Gasteiger partial charge in [-0.1, -0.05) is 30.3 Å². The largest absolute Gasteiger partial charge is 0.480 e. The SMILES string of the molecule is CB(O)NC(COCc1ccccc1)C(=O)O. The molecule has 17 heavy (non-hydrogen) atoms. The molecule has 0 spiro atoms. The predicted octanol–water partition coefficient (Wildman–Crippen LogP) is 0.356. The average molecular weight is 237 g/mol. The van der Waals surface area contributed by atoms with Crippen LogP contribution in [-0.4, -0.2) is 35.8 Å². The van der Waals surface area contributed by atoms with Gasteiger partial charge in [0, 0.05) is 0 Å². The van der Waals surface area contributed by atoms with Crippen LogP contribution < -0.4 is 5.23 Å². The van der Waals surface area contributed by atoms with Crippen LogP contribution in [0.25, 0.3) is 0 Å². The molecule has 1 aromatic rings. The van der Waals surface area contributed by atoms with E-state index in [2.05, 4.69) is 5.23 Å². The van der Waals surface area contributed by atoms with Crippen LogP contribution in [0, 0.1) is 0 Å². The van der Waals surface area contributed by atoms with E-state index < -0.39 is 19.1 Å². The molecule has 3 N–H and O–H groups in total. The summed E-state index contributed by atoms with van der Waals surface area (Å²) in [5.74, 6) is -1.04. The summed E-state index contributed by atoms with van der Waals surface area (Å²) in [6, 6.07) is 8.58. The average Bonchev–Trinajstić information content (AvgIpc) is 2.28. The van der Waals surface area contributed by atoms with Crippen LogP contribution in [0.4, 0.5) is 0 Å². The van der Waals surface area contributed by atoms with E-state index in [0.717, 1.165) is 5.56 Å². The summed E-state index contributed by atoms with van der Waals surface area (Å²) >= 11 is 0. The van der Waals surface area contributed by atoms with Gasteiger partial charge in [-0.15, -0.1) is 0 Å². The molecule has 1 aromatic carbocycles. The first kappa shape index (κ1) is 13.7. The normalized spacial score (nSPS) is 12.1. The highest BCUT2D eigenvalue weighted by Gasteiger charge is 2.20. The van der Waals surface area contributed by atoms with E-state index in [1.54, 1.807) is 0 Å². The van der Waals surface area contributed by atoms with Gasteiger partial charge >= 0.3 is 13.0 Å². The molecule has 0 aliphatic carbocycles. The second-order valence-electron chi connectivity index (χ2n) is 3.73. The highest BCUT2D eigenvalue weighted by atomic mass is 16.5. The monoisotopic (exact) mass is 237 g/mol. The fourth-order valence-electron chi connectivity index (χ4n) is 1.35. The third-order valence-electron chi connectivity index (χ3n) is 2.14. The summed E-state index contributed by atoms with van der Waals surface area (Å²) in [7, 11) is -0.878. The zero-order valence-electron chi connectivity index (χ0n) is 9.67. The van der Waals surface area contributed by atoms with Gasteiger partial charge in [-0.05, 0) is 12.4 Å². The summed E-state index contributed by atoms with van der Waals surface area (Å²) in [6.07, 6.45) is 0. The summed E-state index contributed by atoms with van der Waals surface area (Å²) < 4.78 is 5.29. The second-order valence-corrected chi connectivity index (χ2v) is 3.73. The lowest BCUT2D eigenvalue weighted by atomic mass is 9.87. The maximum atomic E-state index is 10.8. The third-order valence-corrected chi connectivity index (χ3v) is 2.14. The predicted molar refractivity (Wildman–Crippen MR) is 64.5 cm³/mol. The molecule has 0 fully saturated rings. The van der Waals surface area contributed by atoms with Crippen molar-refractivity contribution in [2.75, 3.05) is 6.61 Å². The minimum Gasteiger partial charge on any atom is -0.480 e. The van der Waals surface area contributed by atoms with Crippen LogP contribution in [0.2, 0.25) is 6.82 Å². The Labute approximate surface area is 101 Å². The van der Waals surface area contributed by atoms with Gasteiger partial charge in [0.25, 0.3) is 0 Å². The standard InChI is InChI=1S/C11H16BNO4/c1-12(16)13-10(11(14)15)8-17-7-9-5-3-2-4-6-9/h2-6,10,13,16H,7-8H2,1H3,(H,14,15). The van der Waals surface area contributed by atoms with E-state index in [0.29, 0.717) is 6.61 Å². The Bertz CT molecular complexity index is 345. The van der Waals surface area contributed by atoms with Crippen LogP contribution in [0.3, 0.4) is 0 Å². The summed E-state index contributed by atoms with van der Waals surface area (Å²) in [5.41, 5.74) is 0.980. The number of ether oxygens (including phenoxy) is 1. The highest BCUT2D eigenvalue weighted by molar-refractivity contribution is 6.46. The van der Waals surface area contributed by atoms with Crippen molar-refractivity contribution < 1.29 is 19.7 Å². The van der Waals surface area contributed by atoms with E-state index in [9.17, 15) is 4.79 Å². The number of aliphatic carboxylic acids is 1. The fraction of sp³-hybridized carbons (Fsp3) is 0.364. The summed E-state index contributed by atoms with van der Waals surface area (Å²) in [6.45, 7) is 1.83. The Morgan fingerprint density at radius 1 is 1.47 bits per heavy atom. The zero-order valence-corrected chi connectivity index (χ0v) is 9.67. The Hall–Kier alpha value is -1.37. The lowest BCUT2D eigenvalue weighted by Gasteiger charge is -2.15. The van der Waals surface area contributed by atoms with Crippen LogP contribution >= 0.6 is 0 Å². The molecule has 0 aliphatic heterocycles. The van der Waals surface area contributed by atoms with Crippen molar-refractivity contribution in [2.45, 2.75) is 19.5 Å². The molecule has 0 saturated heterocycles. The van der Waals surface area contributed by atoms with Gasteiger partial charge in [-0.2, -0.15) is 0 Å². The van der Waals surface area contributed by atoms with Crippen molar-refractivity contribution in [1.29, 1.82) is 0 Å². The molecule has 0 radical (unpaired) electrons. The number of benzene rings is 1. The first-order chi connectivity index (χ1) is 8.09. The fourth-order valence-corrected chi connectivity index (χ4v) is 1.35. The minimum atomic E-state index is -1.04. The van der Waals surface area contributed by atoms with E-state index in [-0.39, 0.29) is 6.61 Å². The van der Waals surface area contributed by atoms with E-state index in [4.69, 9.17) is 14.9 Å². The molecule has 92 valence electrons. The molecule has 0 saturated carbocycles. The number of carboxylic acid groups (broad SMARTS) is 1. The molecule has 0 heterocycles. The molecule has 5 nitrogen and oxygen atoms in total. The van der Waals surface area contributed by atoms with Crippen LogP contribution in [0.1, 0.15) is 5.56 Å². The Balaban J connectivity index is 2.35. The maximum absolute atomic E-state index is 10.8. The first-order valence-corrected chi connectivity index (χ1v) is 5.38. The van der Waals surface area contributed by atoms with Gasteiger partial charge in [0.15, 0.2) is 0 Å². The zero-order chi connectivity index (χ0) is 12.7. The quantitative estimate of drug-likeness (QED) is 0.596. The van der Waals surface area contributed by atoms with Crippen molar-refractivity contribution in [3.63, 3.8) is 0 Å². The molecule has 1 rings (SSSR count). The number of carboxylic acids is 1. The Morgan fingerprint density at radius 3 is 2.65 bits per heavy atom. The highest BCUT2D eigenvalue weighted by Crippen LogP contribution is 2.01. The molecule has 6 heteroatoms. The van der Waals surface area contributed by atoms with Gasteiger partial charge in [0.1, 0.15) is 6.04 Å². The van der Waals surface area contributed by atoms with Gasteiger partial charge < -0.3 is 20.1 Å². The number of hydrogen-bond acceptors (Lipinski definition) is 4. The maximum Gasteiger partial charge on any atom is 0.374 e. The Morgan fingerprint density at radius 2 is 2.12 bits per heavy atom. The van der Waals surface area contributed by atoms with Crippen molar-refractivity contribution >= 4 is 13.0 Å². The lowest BCUT2D eigenvalue weighted by Crippen LogP contribution is -2.47. The van der Waals surface area contributed by atoms with Gasteiger partial charge in [-0.3, -0.25) is 4.79 Å². The van der Waals surface area contributed by atoms with Crippen LogP contribution in [0.5, 0.6) is 0 Å². The molecule has 0 bridgehead atoms. The summed E-state index contributed by atoms with van der Waals surface area (Å²) in [4.78, 5) is 10.8. The minimum absolute atomic E-state index is 0.00906. The summed E-state index contributed by atoms with van der Waals surface area (Å²) in [5, 5.41) is 20.4. The van der Waals surface area contributed by atoms with E-state index in [1.165, 1.54) is 6.82 Å². The molecular formula is C11H16BNO4. The second kappa shape index (κ2) is 7.06. The third kappa shape index (κ3) is 5.49. The molecule has 1 unspecified atom stereocenters. The van der Waals surface area contributed by atoms with Gasteiger partial charge in [0.2, 0.25) is 0 Å². The lowest BCUT2D eigenvalue weighted by molar-refractivity contribution is -0.140. The molecule has 1 atom stereocenters. The molecule has 0 aromatic heterocycles. The number of rotatable bonds is 7. The smallest absolute Gasteiger partial charge is 0.374 e. The molecule has 0 aliphatic rings. The van der Waals surface area contributed by atoms with Crippen molar-refractivity contribution in [3.8, 4) is 0 Å². The Kier molecular flexibility index (Phi) is 5.69. The molecule has 0 amide bonds. The van der Waals surface area contributed by atoms with Crippen molar-refractivity contribution in [3.05, 3.63) is 35.9 Å². The van der Waals surface area contributed by atoms with Gasteiger partial charge in [-0.25, -0.2) is 0 Å². The van der Waals surface area contributed by atoms with Crippen molar-refractivity contribution in [1.82, 2.24) is 5.23 Å². The number of carbonyl (C=O) groups is 1. The van der Waals surface area contributed by atoms with Crippen molar-refractivity contribution in [2.24, 2.45) is 0 Å². The molecular weight excluding hydrogens is 221 g/mol. The van der Waals surface area contributed by atoms with Crippen LogP contribution in [0.15, 0.2) is 30.3 Å². The topological polar surface area (TPSA) is 78.8 Å². The van der Waals surface area contributed by atoms with E-state index >= 15 is 0 Å².